The summed E-state index contributed by atoms with van der Waals surface area (Å²) in [7, 11) is 1.73. The van der Waals surface area contributed by atoms with Gasteiger partial charge < -0.3 is 25.6 Å². The van der Waals surface area contributed by atoms with Gasteiger partial charge in [0.15, 0.2) is 0 Å². The second-order valence-corrected chi connectivity index (χ2v) is 11.6. The Kier molecular flexibility index (Phi) is 6.99. The topological polar surface area (TPSA) is 99.8 Å². The number of likely N-dealkylation sites (N-methyl/N-ethyl adjacent to an activating group) is 1. The summed E-state index contributed by atoms with van der Waals surface area (Å²) in [6.07, 6.45) is 6.22. The smallest absolute Gasteiger partial charge is 0.246 e. The molecule has 3 aliphatic heterocycles. The van der Waals surface area contributed by atoms with Crippen molar-refractivity contribution in [2.45, 2.75) is 81.4 Å². The summed E-state index contributed by atoms with van der Waals surface area (Å²) < 4.78 is 5.79. The van der Waals surface area contributed by atoms with Crippen molar-refractivity contribution in [2.75, 3.05) is 19.4 Å². The minimum absolute atomic E-state index is 0.0260. The maximum absolute atomic E-state index is 14.0. The van der Waals surface area contributed by atoms with Gasteiger partial charge in [0.2, 0.25) is 17.7 Å². The first-order chi connectivity index (χ1) is 16.9. The number of hydrogen-bond donors (Lipinski definition) is 3. The molecule has 3 amide bonds. The molecule has 0 radical (unpaired) electrons. The summed E-state index contributed by atoms with van der Waals surface area (Å²) in [5.41, 5.74) is 0.802. The molecule has 35 heavy (non-hydrogen) atoms. The molecule has 8 nitrogen and oxygen atoms in total. The molecule has 1 aromatic rings. The third kappa shape index (κ3) is 4.53. The molecular weight excluding hydrogens is 464 g/mol. The standard InChI is InChI=1S/C26H36N4O4S/c1-16(27-2)23(31)29-19-10-14-35-21-15-26(11-5-6-12-26)22(30(21)25(19)33)24(32)28-18-9-13-34-20-8-4-3-7-17(18)20/h3-4,7-8,16,18-19,21-22,27H,5-6,9-15H2,1-2H3,(H,28,32)(H,29,31)/t16-,18+,19-,21-,22+/m0/s1. The summed E-state index contributed by atoms with van der Waals surface area (Å²) in [5, 5.41) is 9.17. The number of carbonyl (C=O) groups excluding carboxylic acids is 3. The molecule has 0 aromatic heterocycles. The molecule has 4 aliphatic rings. The van der Waals surface area contributed by atoms with Crippen LogP contribution in [0.3, 0.4) is 0 Å². The van der Waals surface area contributed by atoms with Crippen LogP contribution in [0, 0.1) is 5.41 Å². The molecule has 3 heterocycles. The molecule has 0 bridgehead atoms. The van der Waals surface area contributed by atoms with E-state index in [1.165, 1.54) is 0 Å². The van der Waals surface area contributed by atoms with Gasteiger partial charge in [-0.05, 0) is 51.5 Å². The first kappa shape index (κ1) is 24.4. The zero-order valence-corrected chi connectivity index (χ0v) is 21.4. The molecule has 1 spiro atoms. The number of thioether (sulfide) groups is 1. The van der Waals surface area contributed by atoms with E-state index in [0.717, 1.165) is 49.2 Å². The van der Waals surface area contributed by atoms with Crippen molar-refractivity contribution in [3.05, 3.63) is 29.8 Å². The minimum Gasteiger partial charge on any atom is -0.493 e. The SMILES string of the molecule is CN[C@@H](C)C(=O)N[C@H]1CCS[C@H]2CC3(CCCC3)[C@@H](C(=O)N[C@@H]3CCOc4ccccc43)N2C1=O. The number of nitrogens with zero attached hydrogens (tertiary/aromatic N) is 1. The highest BCUT2D eigenvalue weighted by Gasteiger charge is 2.59. The Morgan fingerprint density at radius 3 is 2.69 bits per heavy atom. The fraction of sp³-hybridized carbons (Fsp3) is 0.654. The van der Waals surface area contributed by atoms with Gasteiger partial charge >= 0.3 is 0 Å². The Morgan fingerprint density at radius 2 is 1.91 bits per heavy atom. The van der Waals surface area contributed by atoms with Crippen LogP contribution in [0.25, 0.3) is 0 Å². The van der Waals surface area contributed by atoms with Crippen molar-refractivity contribution in [1.29, 1.82) is 0 Å². The van der Waals surface area contributed by atoms with Gasteiger partial charge in [-0.1, -0.05) is 31.0 Å². The lowest BCUT2D eigenvalue weighted by molar-refractivity contribution is -0.144. The zero-order chi connectivity index (χ0) is 24.6. The van der Waals surface area contributed by atoms with E-state index in [2.05, 4.69) is 16.0 Å². The van der Waals surface area contributed by atoms with Crippen LogP contribution in [0.15, 0.2) is 24.3 Å². The molecule has 3 N–H and O–H groups in total. The second kappa shape index (κ2) is 10.0. The minimum atomic E-state index is -0.605. The number of carbonyl (C=O) groups is 3. The Labute approximate surface area is 211 Å². The van der Waals surface area contributed by atoms with E-state index < -0.39 is 12.1 Å². The molecule has 1 aliphatic carbocycles. The summed E-state index contributed by atoms with van der Waals surface area (Å²) in [6.45, 7) is 2.33. The molecule has 5 rings (SSSR count). The summed E-state index contributed by atoms with van der Waals surface area (Å²) in [4.78, 5) is 42.4. The van der Waals surface area contributed by atoms with Crippen LogP contribution in [0.1, 0.15) is 63.5 Å². The van der Waals surface area contributed by atoms with Crippen LogP contribution in [-0.2, 0) is 14.4 Å². The van der Waals surface area contributed by atoms with Gasteiger partial charge in [-0.3, -0.25) is 14.4 Å². The second-order valence-electron chi connectivity index (χ2n) is 10.3. The molecule has 190 valence electrons. The molecule has 1 aromatic carbocycles. The highest BCUT2D eigenvalue weighted by molar-refractivity contribution is 7.99. The number of rotatable bonds is 5. The van der Waals surface area contributed by atoms with Gasteiger partial charge in [-0.15, -0.1) is 11.8 Å². The van der Waals surface area contributed by atoms with Crippen LogP contribution in [-0.4, -0.2) is 65.5 Å². The van der Waals surface area contributed by atoms with Gasteiger partial charge in [0.25, 0.3) is 0 Å². The molecule has 1 saturated carbocycles. The lowest BCUT2D eigenvalue weighted by Gasteiger charge is -2.37. The van der Waals surface area contributed by atoms with Crippen molar-refractivity contribution >= 4 is 29.5 Å². The van der Waals surface area contributed by atoms with Crippen LogP contribution >= 0.6 is 11.8 Å². The van der Waals surface area contributed by atoms with Gasteiger partial charge in [-0.25, -0.2) is 0 Å². The number of amides is 3. The summed E-state index contributed by atoms with van der Waals surface area (Å²) >= 11 is 1.76. The predicted molar refractivity (Wildman–Crippen MR) is 135 cm³/mol. The third-order valence-corrected chi connectivity index (χ3v) is 9.53. The number of fused-ring (bicyclic) bond motifs is 2. The summed E-state index contributed by atoms with van der Waals surface area (Å²) in [6, 6.07) is 6.21. The van der Waals surface area contributed by atoms with E-state index in [1.807, 2.05) is 29.2 Å². The molecular formula is C26H36N4O4S. The van der Waals surface area contributed by atoms with Crippen molar-refractivity contribution in [2.24, 2.45) is 5.41 Å². The number of benzene rings is 1. The van der Waals surface area contributed by atoms with Crippen LogP contribution < -0.4 is 20.7 Å². The Bertz CT molecular complexity index is 982. The Morgan fingerprint density at radius 1 is 1.14 bits per heavy atom. The van der Waals surface area contributed by atoms with Crippen LogP contribution in [0.5, 0.6) is 5.75 Å². The number of hydrogen-bond acceptors (Lipinski definition) is 6. The molecule has 9 heteroatoms. The Balaban J connectivity index is 1.42. The lowest BCUT2D eigenvalue weighted by atomic mass is 9.78. The zero-order valence-electron chi connectivity index (χ0n) is 20.5. The van der Waals surface area contributed by atoms with Crippen molar-refractivity contribution in [3.63, 3.8) is 0 Å². The quantitative estimate of drug-likeness (QED) is 0.574. The molecule has 0 unspecified atom stereocenters. The van der Waals surface area contributed by atoms with E-state index in [9.17, 15) is 14.4 Å². The van der Waals surface area contributed by atoms with Crippen molar-refractivity contribution < 1.29 is 19.1 Å². The van der Waals surface area contributed by atoms with Gasteiger partial charge in [-0.2, -0.15) is 0 Å². The number of para-hydroxylation sites is 1. The first-order valence-corrected chi connectivity index (χ1v) is 13.9. The highest BCUT2D eigenvalue weighted by atomic mass is 32.2. The van der Waals surface area contributed by atoms with Gasteiger partial charge in [0, 0.05) is 17.4 Å². The van der Waals surface area contributed by atoms with Gasteiger partial charge in [0.05, 0.1) is 24.1 Å². The number of nitrogens with one attached hydrogen (secondary N) is 3. The maximum atomic E-state index is 14.0. The normalized spacial score (nSPS) is 30.1. The van der Waals surface area contributed by atoms with E-state index in [-0.39, 0.29) is 40.6 Å². The average molecular weight is 501 g/mol. The highest BCUT2D eigenvalue weighted by Crippen LogP contribution is 2.55. The monoisotopic (exact) mass is 500 g/mol. The van der Waals surface area contributed by atoms with Crippen molar-refractivity contribution in [1.82, 2.24) is 20.9 Å². The van der Waals surface area contributed by atoms with E-state index in [4.69, 9.17) is 4.74 Å². The fourth-order valence-electron chi connectivity index (χ4n) is 6.32. The van der Waals surface area contributed by atoms with E-state index in [0.29, 0.717) is 19.4 Å². The van der Waals surface area contributed by atoms with Gasteiger partial charge in [0.1, 0.15) is 17.8 Å². The number of ether oxygens (including phenoxy) is 1. The summed E-state index contributed by atoms with van der Waals surface area (Å²) in [5.74, 6) is 1.22. The van der Waals surface area contributed by atoms with E-state index in [1.54, 1.807) is 25.7 Å². The lowest BCUT2D eigenvalue weighted by Crippen LogP contribution is -2.58. The third-order valence-electron chi connectivity index (χ3n) is 8.28. The molecule has 2 saturated heterocycles. The van der Waals surface area contributed by atoms with Crippen molar-refractivity contribution in [3.8, 4) is 5.75 Å². The maximum Gasteiger partial charge on any atom is 0.246 e. The fourth-order valence-corrected chi connectivity index (χ4v) is 7.80. The Hall–Kier alpha value is -2.26. The first-order valence-electron chi connectivity index (χ1n) is 12.9. The van der Waals surface area contributed by atoms with Crippen LogP contribution in [0.4, 0.5) is 0 Å². The predicted octanol–water partition coefficient (Wildman–Crippen LogP) is 2.34. The molecule has 5 atom stereocenters. The molecule has 3 fully saturated rings. The van der Waals surface area contributed by atoms with E-state index >= 15 is 0 Å². The largest absolute Gasteiger partial charge is 0.493 e. The van der Waals surface area contributed by atoms with Crippen LogP contribution in [0.2, 0.25) is 0 Å². The average Bonchev–Trinajstić information content (AvgIpc) is 3.43.